The lowest BCUT2D eigenvalue weighted by molar-refractivity contribution is -0.143. The number of pyridine rings is 3. The molecule has 3 unspecified atom stereocenters. The maximum Gasteiger partial charge on any atom is 0.306 e. The molecule has 6 aromatic carbocycles. The minimum atomic E-state index is -0.718. The molecular formula is C109H129FN6O12S. The van der Waals surface area contributed by atoms with Crippen LogP contribution in [0.3, 0.4) is 0 Å². The Kier molecular flexibility index (Phi) is 27.1. The molecular weight excluding hydrogens is 1640 g/mol. The molecule has 3 spiro atoms. The Hall–Kier alpha value is -9.86. The van der Waals surface area contributed by atoms with Gasteiger partial charge < -0.3 is 43.7 Å². The highest BCUT2D eigenvalue weighted by molar-refractivity contribution is 7.93. The van der Waals surface area contributed by atoms with Crippen LogP contribution in [0.2, 0.25) is 0 Å². The number of ether oxygens (including phenoxy) is 6. The monoisotopic (exact) mass is 1760 g/mol. The van der Waals surface area contributed by atoms with Gasteiger partial charge in [0.05, 0.1) is 39.1 Å². The van der Waals surface area contributed by atoms with Gasteiger partial charge in [-0.15, -0.1) is 0 Å². The van der Waals surface area contributed by atoms with E-state index in [1.165, 1.54) is 169 Å². The third-order valence-corrected chi connectivity index (χ3v) is 31.2. The fourth-order valence-corrected chi connectivity index (χ4v) is 22.9. The number of carboxylic acids is 3. The number of rotatable bonds is 27. The number of aliphatic carboxylic acids is 3. The summed E-state index contributed by atoms with van der Waals surface area (Å²) in [4.78, 5) is 57.0. The van der Waals surface area contributed by atoms with Gasteiger partial charge >= 0.3 is 17.9 Å². The standard InChI is InChI=1S/3C36H42N2O4.CH3FS/c3*1-23(35(39)40)34(25-6-7-25)28-8-5-24-10-12-31(42-32(24)20-28)27-9-11-30(26-13-17-37-33(21-26)41-2)29(19-27)22-38-18-4-3-14-36(38)15-16-36;1-3-2/h3*5,8-9,11,13,17,19-21,23,25,31,34H,3-4,6-7,10,12,14-16,18,22H2,1-2H3,(H,39,40);1H3/t3*23-,31?,34-;/m000./s1. The first kappa shape index (κ1) is 89.7. The molecule has 0 radical (unpaired) electrons. The summed E-state index contributed by atoms with van der Waals surface area (Å²) in [6.07, 6.45) is 38.8. The van der Waals surface area contributed by atoms with Crippen molar-refractivity contribution in [2.24, 2.45) is 35.5 Å². The van der Waals surface area contributed by atoms with Crippen molar-refractivity contribution < 1.29 is 62.0 Å². The summed E-state index contributed by atoms with van der Waals surface area (Å²) in [5.41, 5.74) is 22.9. The molecule has 6 saturated carbocycles. The van der Waals surface area contributed by atoms with E-state index >= 15 is 0 Å². The van der Waals surface area contributed by atoms with Crippen molar-refractivity contribution in [2.45, 2.75) is 266 Å². The summed E-state index contributed by atoms with van der Waals surface area (Å²) in [5, 5.41) is 29.4. The summed E-state index contributed by atoms with van der Waals surface area (Å²) in [5.74, 6) is 2.79. The van der Waals surface area contributed by atoms with Crippen molar-refractivity contribution in [1.29, 1.82) is 0 Å². The van der Waals surface area contributed by atoms with E-state index in [2.05, 4.69) is 157 Å². The van der Waals surface area contributed by atoms with E-state index in [1.54, 1.807) is 21.3 Å². The highest BCUT2D eigenvalue weighted by Crippen LogP contribution is 2.56. The minimum absolute atomic E-state index is 0.0277. The van der Waals surface area contributed by atoms with E-state index in [4.69, 9.17) is 28.4 Å². The number of carboxylic acid groups (broad SMARTS) is 3. The predicted molar refractivity (Wildman–Crippen MR) is 503 cm³/mol. The number of hydrogen-bond acceptors (Lipinski definition) is 16. The number of piperidine rings is 3. The first-order valence-corrected chi connectivity index (χ1v) is 49.2. The Morgan fingerprint density at radius 1 is 0.395 bits per heavy atom. The van der Waals surface area contributed by atoms with E-state index < -0.39 is 35.7 Å². The highest BCUT2D eigenvalue weighted by atomic mass is 32.2. The van der Waals surface area contributed by atoms with Gasteiger partial charge in [0.15, 0.2) is 0 Å². The Labute approximate surface area is 765 Å². The van der Waals surface area contributed by atoms with E-state index in [-0.39, 0.29) is 48.2 Å². The second-order valence-electron chi connectivity index (χ2n) is 39.5. The number of aryl methyl sites for hydroxylation is 3. The number of aromatic nitrogens is 3. The lowest BCUT2D eigenvalue weighted by Gasteiger charge is -2.37. The van der Waals surface area contributed by atoms with Crippen LogP contribution in [-0.2, 0) is 53.3 Å². The van der Waals surface area contributed by atoms with Crippen molar-refractivity contribution in [3.05, 3.63) is 231 Å². The van der Waals surface area contributed by atoms with Gasteiger partial charge in [-0.3, -0.25) is 29.1 Å². The van der Waals surface area contributed by atoms with Crippen molar-refractivity contribution in [3.8, 4) is 68.3 Å². The quantitative estimate of drug-likeness (QED) is 0.0436. The van der Waals surface area contributed by atoms with Gasteiger partial charge in [0, 0.05) is 91.4 Å². The van der Waals surface area contributed by atoms with Crippen LogP contribution in [0, 0.1) is 35.5 Å². The molecule has 3 saturated heterocycles. The van der Waals surface area contributed by atoms with Gasteiger partial charge in [-0.1, -0.05) is 131 Å². The van der Waals surface area contributed by atoms with Crippen LogP contribution in [-0.4, -0.2) is 127 Å². The number of nitrogens with zero attached hydrogens (tertiary/aromatic N) is 6. The van der Waals surface area contributed by atoms with E-state index in [0.29, 0.717) is 52.0 Å². The van der Waals surface area contributed by atoms with Crippen LogP contribution in [0.4, 0.5) is 3.89 Å². The van der Waals surface area contributed by atoms with Crippen LogP contribution in [0.15, 0.2) is 164 Å². The fourth-order valence-electron chi connectivity index (χ4n) is 22.9. The Morgan fingerprint density at radius 3 is 0.922 bits per heavy atom. The lowest BCUT2D eigenvalue weighted by Crippen LogP contribution is -2.40. The molecule has 0 amide bonds. The van der Waals surface area contributed by atoms with Gasteiger partial charge in [-0.25, -0.2) is 15.0 Å². The average molecular weight is 1770 g/mol. The van der Waals surface area contributed by atoms with Crippen LogP contribution in [0.25, 0.3) is 33.4 Å². The zero-order valence-corrected chi connectivity index (χ0v) is 77.2. The molecule has 0 bridgehead atoms. The maximum absolute atomic E-state index is 11.9. The summed E-state index contributed by atoms with van der Waals surface area (Å²) < 4.78 is 46.8. The largest absolute Gasteiger partial charge is 0.485 e. The molecule has 6 aliphatic carbocycles. The second kappa shape index (κ2) is 38.9. The zero-order valence-electron chi connectivity index (χ0n) is 76.3. The SMILES string of the molecule is COc1cc(-c2ccc(C3CCc4ccc([C@H](C5CC5)[C@H](C)C(=O)O)cc4O3)cc2CN2CCCCC23CC3)ccn1.COc1cc(-c2ccc(C3CCc4ccc([C@H](C5CC5)[C@H](C)C(=O)O)cc4O3)cc2CN2CCCCC23CC3)ccn1.COc1cc(-c2ccc(C3CCc4ccc([C@H](C5CC5)[C@H](C)C(=O)O)cc4O3)cc2CN2CCCCC23CC3)ccn1.CSF. The first-order chi connectivity index (χ1) is 62.7. The molecule has 9 fully saturated rings. The number of carbonyl (C=O) groups is 3. The number of benzene rings is 6. The van der Waals surface area contributed by atoms with Crippen LogP contribution < -0.4 is 28.4 Å². The zero-order chi connectivity index (χ0) is 89.2. The molecule has 9 aromatic rings. The minimum Gasteiger partial charge on any atom is -0.485 e. The molecule has 129 heavy (non-hydrogen) atoms. The van der Waals surface area contributed by atoms with Gasteiger partial charge in [0.1, 0.15) is 35.6 Å². The molecule has 12 aliphatic rings. The molecule has 3 N–H and O–H groups in total. The lowest BCUT2D eigenvalue weighted by atomic mass is 9.82. The number of hydrogen-bond donors (Lipinski definition) is 3. The third kappa shape index (κ3) is 20.2. The molecule has 20 heteroatoms. The van der Waals surface area contributed by atoms with Crippen molar-refractivity contribution >= 4 is 30.1 Å². The molecule has 6 aliphatic heterocycles. The summed E-state index contributed by atoms with van der Waals surface area (Å²) in [7, 11) is 5.00. The van der Waals surface area contributed by atoms with Crippen LogP contribution in [0.1, 0.15) is 278 Å². The topological polar surface area (TPSA) is 216 Å². The highest BCUT2D eigenvalue weighted by Gasteiger charge is 2.52. The Bertz CT molecular complexity index is 5000. The van der Waals surface area contributed by atoms with Crippen molar-refractivity contribution in [2.75, 3.05) is 47.2 Å². The van der Waals surface area contributed by atoms with Crippen molar-refractivity contribution in [1.82, 2.24) is 29.7 Å². The Balaban J connectivity index is 0.000000128. The van der Waals surface area contributed by atoms with Crippen LogP contribution >= 0.6 is 12.1 Å². The van der Waals surface area contributed by atoms with Gasteiger partial charge in [-0.2, -0.15) is 3.89 Å². The molecule has 9 heterocycles. The van der Waals surface area contributed by atoms with E-state index in [1.807, 2.05) is 57.6 Å². The molecule has 9 atom stereocenters. The Morgan fingerprint density at radius 2 is 0.674 bits per heavy atom. The summed E-state index contributed by atoms with van der Waals surface area (Å²) in [6, 6.07) is 52.3. The number of likely N-dealkylation sites (tertiary alicyclic amines) is 3. The molecule has 18 nitrogen and oxygen atoms in total. The fraction of sp³-hybridized carbons (Fsp3) is 0.505. The van der Waals surface area contributed by atoms with Gasteiger partial charge in [0.25, 0.3) is 0 Å². The molecule has 3 aromatic heterocycles. The van der Waals surface area contributed by atoms with Crippen LogP contribution in [0.5, 0.6) is 34.9 Å². The predicted octanol–water partition coefficient (Wildman–Crippen LogP) is 23.9. The number of halogens is 1. The first-order valence-electron chi connectivity index (χ1n) is 48.1. The smallest absolute Gasteiger partial charge is 0.306 e. The molecule has 680 valence electrons. The third-order valence-electron chi connectivity index (χ3n) is 31.2. The average Bonchev–Trinajstić information content (AvgIpc) is 1.62. The normalized spacial score (nSPS) is 22.2. The molecule has 21 rings (SSSR count). The number of methoxy groups -OCH3 is 3. The summed E-state index contributed by atoms with van der Waals surface area (Å²) in [6.45, 7) is 11.9. The summed E-state index contributed by atoms with van der Waals surface area (Å²) >= 11 is 0.250. The van der Waals surface area contributed by atoms with Crippen molar-refractivity contribution in [3.63, 3.8) is 0 Å². The van der Waals surface area contributed by atoms with E-state index in [9.17, 15) is 33.6 Å². The van der Waals surface area contributed by atoms with Gasteiger partial charge in [0.2, 0.25) is 17.6 Å². The van der Waals surface area contributed by atoms with E-state index in [0.717, 1.165) is 167 Å². The second-order valence-corrected chi connectivity index (χ2v) is 39.8. The maximum atomic E-state index is 11.9. The van der Waals surface area contributed by atoms with Gasteiger partial charge in [-0.05, 0) is 346 Å². The number of fused-ring (bicyclic) bond motifs is 3.